The number of benzene rings is 1. The lowest BCUT2D eigenvalue weighted by atomic mass is 10.2. The summed E-state index contributed by atoms with van der Waals surface area (Å²) in [5.74, 6) is 2.03. The summed E-state index contributed by atoms with van der Waals surface area (Å²) in [6.07, 6.45) is 0. The highest BCUT2D eigenvalue weighted by molar-refractivity contribution is 9.11. The van der Waals surface area contributed by atoms with Crippen molar-refractivity contribution >= 4 is 31.9 Å². The summed E-state index contributed by atoms with van der Waals surface area (Å²) in [6, 6.07) is 3.96. The minimum absolute atomic E-state index is 0.522. The van der Waals surface area contributed by atoms with Crippen LogP contribution in [0, 0.1) is 6.92 Å². The minimum atomic E-state index is 0.522. The highest BCUT2D eigenvalue weighted by atomic mass is 79.9. The Morgan fingerprint density at radius 1 is 1.32 bits per heavy atom. The zero-order valence-electron chi connectivity index (χ0n) is 10.5. The molecule has 2 rings (SSSR count). The largest absolute Gasteiger partial charge is 0.495 e. The van der Waals surface area contributed by atoms with Gasteiger partial charge in [-0.25, -0.2) is 0 Å². The van der Waals surface area contributed by atoms with E-state index in [1.54, 1.807) is 14.0 Å². The van der Waals surface area contributed by atoms with Crippen LogP contribution in [0.25, 0.3) is 0 Å². The topological polar surface area (TPSA) is 60.2 Å². The maximum Gasteiger partial charge on any atom is 0.240 e. The van der Waals surface area contributed by atoms with E-state index >= 15 is 0 Å². The van der Waals surface area contributed by atoms with Crippen molar-refractivity contribution in [1.82, 2.24) is 15.5 Å². The molecule has 0 saturated carbocycles. The molecule has 0 aliphatic heterocycles. The van der Waals surface area contributed by atoms with Gasteiger partial charge in [0.15, 0.2) is 5.82 Å². The Morgan fingerprint density at radius 3 is 2.74 bits per heavy atom. The van der Waals surface area contributed by atoms with Gasteiger partial charge >= 0.3 is 0 Å². The Balaban J connectivity index is 2.02. The van der Waals surface area contributed by atoms with Gasteiger partial charge in [-0.15, -0.1) is 0 Å². The summed E-state index contributed by atoms with van der Waals surface area (Å²) in [7, 11) is 1.65. The van der Waals surface area contributed by atoms with E-state index in [9.17, 15) is 0 Å². The van der Waals surface area contributed by atoms with Crippen LogP contribution in [-0.4, -0.2) is 17.3 Å². The molecular formula is C12H13Br2N3O2. The van der Waals surface area contributed by atoms with Crippen LogP contribution in [0.2, 0.25) is 0 Å². The summed E-state index contributed by atoms with van der Waals surface area (Å²) in [4.78, 5) is 4.13. The highest BCUT2D eigenvalue weighted by Crippen LogP contribution is 2.32. The second-order valence-electron chi connectivity index (χ2n) is 3.92. The molecule has 1 N–H and O–H groups in total. The zero-order valence-corrected chi connectivity index (χ0v) is 13.7. The van der Waals surface area contributed by atoms with E-state index in [-0.39, 0.29) is 0 Å². The fourth-order valence-electron chi connectivity index (χ4n) is 1.69. The first kappa shape index (κ1) is 14.5. The van der Waals surface area contributed by atoms with Crippen LogP contribution in [0.3, 0.4) is 0 Å². The normalized spacial score (nSPS) is 10.7. The van der Waals surface area contributed by atoms with Crippen molar-refractivity contribution in [2.45, 2.75) is 20.0 Å². The summed E-state index contributed by atoms with van der Waals surface area (Å²) in [5, 5.41) is 6.98. The van der Waals surface area contributed by atoms with Gasteiger partial charge in [-0.2, -0.15) is 4.98 Å². The third-order valence-corrected chi connectivity index (χ3v) is 3.50. The van der Waals surface area contributed by atoms with Gasteiger partial charge in [-0.05, 0) is 35.0 Å². The van der Waals surface area contributed by atoms with Crippen molar-refractivity contribution in [3.63, 3.8) is 0 Å². The minimum Gasteiger partial charge on any atom is -0.495 e. The van der Waals surface area contributed by atoms with E-state index in [1.807, 2.05) is 12.1 Å². The van der Waals surface area contributed by atoms with E-state index in [0.29, 0.717) is 24.8 Å². The SMILES string of the molecule is COc1c(Br)cc(Br)cc1CNCc1nc(C)no1. The number of aryl methyl sites for hydroxylation is 1. The molecule has 0 saturated heterocycles. The average molecular weight is 391 g/mol. The Morgan fingerprint density at radius 2 is 2.11 bits per heavy atom. The third-order valence-electron chi connectivity index (χ3n) is 2.45. The predicted octanol–water partition coefficient (Wildman–Crippen LogP) is 3.20. The summed E-state index contributed by atoms with van der Waals surface area (Å²) < 4.78 is 12.3. The molecule has 19 heavy (non-hydrogen) atoms. The van der Waals surface area contributed by atoms with Crippen molar-refractivity contribution < 1.29 is 9.26 Å². The van der Waals surface area contributed by atoms with Crippen molar-refractivity contribution in [3.05, 3.63) is 38.4 Å². The second-order valence-corrected chi connectivity index (χ2v) is 5.69. The van der Waals surface area contributed by atoms with Gasteiger partial charge in [0.1, 0.15) is 5.75 Å². The molecule has 0 fully saturated rings. The first-order chi connectivity index (χ1) is 9.10. The molecule has 0 aliphatic carbocycles. The molecule has 0 spiro atoms. The van der Waals surface area contributed by atoms with Crippen LogP contribution in [0.15, 0.2) is 25.6 Å². The first-order valence-electron chi connectivity index (χ1n) is 5.62. The molecule has 0 bridgehead atoms. The van der Waals surface area contributed by atoms with E-state index in [0.717, 1.165) is 20.3 Å². The van der Waals surface area contributed by atoms with Crippen LogP contribution < -0.4 is 10.1 Å². The van der Waals surface area contributed by atoms with Crippen LogP contribution in [-0.2, 0) is 13.1 Å². The lowest BCUT2D eigenvalue weighted by Crippen LogP contribution is -2.13. The van der Waals surface area contributed by atoms with Gasteiger partial charge in [-0.3, -0.25) is 0 Å². The number of methoxy groups -OCH3 is 1. The Labute approximate surface area is 128 Å². The number of halogens is 2. The average Bonchev–Trinajstić information content (AvgIpc) is 2.74. The van der Waals surface area contributed by atoms with Crippen molar-refractivity contribution in [1.29, 1.82) is 0 Å². The quantitative estimate of drug-likeness (QED) is 0.849. The van der Waals surface area contributed by atoms with Gasteiger partial charge in [0.05, 0.1) is 18.1 Å². The molecule has 0 radical (unpaired) electrons. The number of aromatic nitrogens is 2. The van der Waals surface area contributed by atoms with Gasteiger partial charge in [0.2, 0.25) is 5.89 Å². The molecular weight excluding hydrogens is 378 g/mol. The Kier molecular flexibility index (Phi) is 4.95. The van der Waals surface area contributed by atoms with Gasteiger partial charge in [-0.1, -0.05) is 21.1 Å². The number of rotatable bonds is 5. The fraction of sp³-hybridized carbons (Fsp3) is 0.333. The van der Waals surface area contributed by atoms with Crippen LogP contribution in [0.1, 0.15) is 17.3 Å². The number of hydrogen-bond donors (Lipinski definition) is 1. The summed E-state index contributed by atoms with van der Waals surface area (Å²) >= 11 is 6.94. The maximum absolute atomic E-state index is 5.38. The highest BCUT2D eigenvalue weighted by Gasteiger charge is 2.09. The van der Waals surface area contributed by atoms with E-state index in [1.165, 1.54) is 0 Å². The van der Waals surface area contributed by atoms with Crippen LogP contribution >= 0.6 is 31.9 Å². The smallest absolute Gasteiger partial charge is 0.240 e. The van der Waals surface area contributed by atoms with Crippen LogP contribution in [0.5, 0.6) is 5.75 Å². The predicted molar refractivity (Wildman–Crippen MR) is 78.0 cm³/mol. The molecule has 1 aromatic carbocycles. The molecule has 5 nitrogen and oxygen atoms in total. The zero-order chi connectivity index (χ0) is 13.8. The molecule has 0 aliphatic rings. The summed E-state index contributed by atoms with van der Waals surface area (Å²) in [5.41, 5.74) is 1.04. The molecule has 1 aromatic heterocycles. The molecule has 102 valence electrons. The van der Waals surface area contributed by atoms with Gasteiger partial charge in [0, 0.05) is 16.6 Å². The standard InChI is InChI=1S/C12H13Br2N3O2/c1-7-16-11(19-17-7)6-15-5-8-3-9(13)4-10(14)12(8)18-2/h3-4,15H,5-6H2,1-2H3. The van der Waals surface area contributed by atoms with Crippen molar-refractivity contribution in [2.24, 2.45) is 0 Å². The molecule has 1 heterocycles. The molecule has 7 heteroatoms. The lowest BCUT2D eigenvalue weighted by molar-refractivity contribution is 0.362. The number of hydrogen-bond acceptors (Lipinski definition) is 5. The molecule has 2 aromatic rings. The third kappa shape index (κ3) is 3.77. The number of nitrogens with zero attached hydrogens (tertiary/aromatic N) is 2. The number of nitrogens with one attached hydrogen (secondary N) is 1. The van der Waals surface area contributed by atoms with Crippen LogP contribution in [0.4, 0.5) is 0 Å². The van der Waals surface area contributed by atoms with Crippen molar-refractivity contribution in [3.8, 4) is 5.75 Å². The molecule has 0 atom stereocenters. The lowest BCUT2D eigenvalue weighted by Gasteiger charge is -2.11. The van der Waals surface area contributed by atoms with Crippen molar-refractivity contribution in [2.75, 3.05) is 7.11 Å². The fourth-order valence-corrected chi connectivity index (χ4v) is 3.17. The second kappa shape index (κ2) is 6.49. The number of ether oxygens (including phenoxy) is 1. The molecule has 0 unspecified atom stereocenters. The maximum atomic E-state index is 5.38. The summed E-state index contributed by atoms with van der Waals surface area (Å²) in [6.45, 7) is 2.96. The Hall–Kier alpha value is -0.920. The van der Waals surface area contributed by atoms with Gasteiger partial charge in [0.25, 0.3) is 0 Å². The monoisotopic (exact) mass is 389 g/mol. The Bertz CT molecular complexity index is 572. The van der Waals surface area contributed by atoms with E-state index in [4.69, 9.17) is 9.26 Å². The van der Waals surface area contributed by atoms with Gasteiger partial charge < -0.3 is 14.6 Å². The molecule has 0 amide bonds. The van der Waals surface area contributed by atoms with E-state index < -0.39 is 0 Å². The van der Waals surface area contributed by atoms with E-state index in [2.05, 4.69) is 47.3 Å². The first-order valence-corrected chi connectivity index (χ1v) is 7.20.